The molecule has 0 radical (unpaired) electrons. The van der Waals surface area contributed by atoms with Crippen molar-refractivity contribution in [3.05, 3.63) is 47.5 Å². The van der Waals surface area contributed by atoms with Crippen LogP contribution in [0.1, 0.15) is 54.5 Å². The zero-order valence-electron chi connectivity index (χ0n) is 16.2. The van der Waals surface area contributed by atoms with Gasteiger partial charge in [-0.25, -0.2) is 9.67 Å². The molecule has 1 aliphatic rings. The molecule has 2 amide bonds. The standard InChI is InChI=1S/C20H27N5O2/c1-4-25-18(21-13-22-25)15(3)23-19(26)16-9-11-24(12-10-16)20(27)17-7-5-14(2)6-8-17/h5-8,13,15-16H,4,9-12H2,1-3H3,(H,23,26). The Morgan fingerprint density at radius 1 is 1.22 bits per heavy atom. The van der Waals surface area contributed by atoms with Crippen molar-refractivity contribution >= 4 is 11.8 Å². The third-order valence-electron chi connectivity index (χ3n) is 5.14. The Labute approximate surface area is 159 Å². The van der Waals surface area contributed by atoms with Crippen molar-refractivity contribution in [2.45, 2.75) is 46.2 Å². The molecule has 7 heteroatoms. The summed E-state index contributed by atoms with van der Waals surface area (Å²) in [6, 6.07) is 7.43. The van der Waals surface area contributed by atoms with Gasteiger partial charge < -0.3 is 10.2 Å². The van der Waals surface area contributed by atoms with E-state index in [9.17, 15) is 9.59 Å². The van der Waals surface area contributed by atoms with Crippen LogP contribution in [0.25, 0.3) is 0 Å². The zero-order chi connectivity index (χ0) is 19.4. The van der Waals surface area contributed by atoms with Crippen LogP contribution in [0.3, 0.4) is 0 Å². The van der Waals surface area contributed by atoms with Crippen LogP contribution in [0.5, 0.6) is 0 Å². The summed E-state index contributed by atoms with van der Waals surface area (Å²) in [5.41, 5.74) is 1.84. The molecule has 7 nitrogen and oxygen atoms in total. The van der Waals surface area contributed by atoms with Crippen molar-refractivity contribution in [2.24, 2.45) is 5.92 Å². The van der Waals surface area contributed by atoms with Crippen molar-refractivity contribution in [3.63, 3.8) is 0 Å². The molecule has 1 saturated heterocycles. The molecule has 2 aromatic rings. The first kappa shape index (κ1) is 19.1. The lowest BCUT2D eigenvalue weighted by atomic mass is 9.95. The van der Waals surface area contributed by atoms with Crippen molar-refractivity contribution in [2.75, 3.05) is 13.1 Å². The molecule has 0 spiro atoms. The molecule has 1 aromatic heterocycles. The molecule has 3 rings (SSSR count). The van der Waals surface area contributed by atoms with Crippen LogP contribution in [0.15, 0.2) is 30.6 Å². The molecule has 1 N–H and O–H groups in total. The average molecular weight is 369 g/mol. The van der Waals surface area contributed by atoms with Gasteiger partial charge in [0.15, 0.2) is 0 Å². The number of rotatable bonds is 5. The molecule has 27 heavy (non-hydrogen) atoms. The van der Waals surface area contributed by atoms with E-state index in [1.165, 1.54) is 6.33 Å². The van der Waals surface area contributed by atoms with Crippen LogP contribution in [0.2, 0.25) is 0 Å². The molecule has 0 aliphatic carbocycles. The predicted octanol–water partition coefficient (Wildman–Crippen LogP) is 2.34. The molecule has 0 bridgehead atoms. The number of amides is 2. The minimum Gasteiger partial charge on any atom is -0.346 e. The van der Waals surface area contributed by atoms with Gasteiger partial charge >= 0.3 is 0 Å². The van der Waals surface area contributed by atoms with Crippen LogP contribution >= 0.6 is 0 Å². The van der Waals surface area contributed by atoms with Crippen molar-refractivity contribution < 1.29 is 9.59 Å². The van der Waals surface area contributed by atoms with Gasteiger partial charge in [-0.2, -0.15) is 5.10 Å². The molecule has 1 unspecified atom stereocenters. The number of hydrogen-bond donors (Lipinski definition) is 1. The first-order chi connectivity index (χ1) is 13.0. The van der Waals surface area contributed by atoms with Crippen LogP contribution in [0, 0.1) is 12.8 Å². The van der Waals surface area contributed by atoms with E-state index in [0.29, 0.717) is 31.5 Å². The minimum atomic E-state index is -0.188. The third-order valence-corrected chi connectivity index (χ3v) is 5.14. The lowest BCUT2D eigenvalue weighted by molar-refractivity contribution is -0.127. The highest BCUT2D eigenvalue weighted by atomic mass is 16.2. The summed E-state index contributed by atoms with van der Waals surface area (Å²) in [5.74, 6) is 0.749. The Kier molecular flexibility index (Phi) is 5.88. The zero-order valence-corrected chi connectivity index (χ0v) is 16.2. The minimum absolute atomic E-state index is 0.0237. The quantitative estimate of drug-likeness (QED) is 0.877. The van der Waals surface area contributed by atoms with Gasteiger partial charge in [-0.1, -0.05) is 17.7 Å². The number of likely N-dealkylation sites (tertiary alicyclic amines) is 1. The number of nitrogens with one attached hydrogen (secondary N) is 1. The number of hydrogen-bond acceptors (Lipinski definition) is 4. The van der Waals surface area contributed by atoms with E-state index in [1.807, 2.05) is 49.9 Å². The fourth-order valence-corrected chi connectivity index (χ4v) is 3.47. The molecular formula is C20H27N5O2. The molecule has 1 fully saturated rings. The Balaban J connectivity index is 1.53. The summed E-state index contributed by atoms with van der Waals surface area (Å²) in [6.07, 6.45) is 2.86. The molecule has 0 saturated carbocycles. The summed E-state index contributed by atoms with van der Waals surface area (Å²) in [7, 11) is 0. The van der Waals surface area contributed by atoms with E-state index in [2.05, 4.69) is 15.4 Å². The van der Waals surface area contributed by atoms with Crippen LogP contribution in [-0.2, 0) is 11.3 Å². The Hall–Kier alpha value is -2.70. The average Bonchev–Trinajstić information content (AvgIpc) is 3.17. The monoisotopic (exact) mass is 369 g/mol. The van der Waals surface area contributed by atoms with Crippen LogP contribution in [0.4, 0.5) is 0 Å². The fourth-order valence-electron chi connectivity index (χ4n) is 3.47. The van der Waals surface area contributed by atoms with E-state index >= 15 is 0 Å². The SMILES string of the molecule is CCn1ncnc1C(C)NC(=O)C1CCN(C(=O)c2ccc(C)cc2)CC1. The molecular weight excluding hydrogens is 342 g/mol. The predicted molar refractivity (Wildman–Crippen MR) is 102 cm³/mol. The van der Waals surface area contributed by atoms with Crippen molar-refractivity contribution in [1.82, 2.24) is 25.0 Å². The maximum atomic E-state index is 12.6. The van der Waals surface area contributed by atoms with E-state index in [-0.39, 0.29) is 23.8 Å². The van der Waals surface area contributed by atoms with Gasteiger partial charge in [0.2, 0.25) is 5.91 Å². The van der Waals surface area contributed by atoms with Crippen LogP contribution < -0.4 is 5.32 Å². The van der Waals surface area contributed by atoms with Crippen molar-refractivity contribution in [3.8, 4) is 0 Å². The number of carbonyl (C=O) groups excluding carboxylic acids is 2. The summed E-state index contributed by atoms with van der Waals surface area (Å²) < 4.78 is 1.79. The third kappa shape index (κ3) is 4.35. The lowest BCUT2D eigenvalue weighted by Crippen LogP contribution is -2.43. The second-order valence-electron chi connectivity index (χ2n) is 7.10. The highest BCUT2D eigenvalue weighted by Crippen LogP contribution is 2.21. The van der Waals surface area contributed by atoms with E-state index in [1.54, 1.807) is 4.68 Å². The Morgan fingerprint density at radius 2 is 1.89 bits per heavy atom. The fraction of sp³-hybridized carbons (Fsp3) is 0.500. The lowest BCUT2D eigenvalue weighted by Gasteiger charge is -2.32. The molecule has 1 atom stereocenters. The van der Waals surface area contributed by atoms with Gasteiger partial charge in [0.25, 0.3) is 5.91 Å². The number of nitrogens with zero attached hydrogens (tertiary/aromatic N) is 4. The summed E-state index contributed by atoms with van der Waals surface area (Å²) >= 11 is 0. The first-order valence-corrected chi connectivity index (χ1v) is 9.53. The summed E-state index contributed by atoms with van der Waals surface area (Å²) in [4.78, 5) is 31.3. The first-order valence-electron chi connectivity index (χ1n) is 9.53. The second-order valence-corrected chi connectivity index (χ2v) is 7.10. The van der Waals surface area contributed by atoms with Gasteiger partial charge in [0.1, 0.15) is 12.2 Å². The number of carbonyl (C=O) groups is 2. The van der Waals surface area contributed by atoms with Gasteiger partial charge in [-0.05, 0) is 45.7 Å². The number of benzene rings is 1. The Bertz CT molecular complexity index is 791. The van der Waals surface area contributed by atoms with Gasteiger partial charge in [0.05, 0.1) is 6.04 Å². The highest BCUT2D eigenvalue weighted by Gasteiger charge is 2.29. The van der Waals surface area contributed by atoms with Crippen molar-refractivity contribution in [1.29, 1.82) is 0 Å². The Morgan fingerprint density at radius 3 is 2.52 bits per heavy atom. The molecule has 2 heterocycles. The normalized spacial score (nSPS) is 16.2. The smallest absolute Gasteiger partial charge is 0.253 e. The topological polar surface area (TPSA) is 80.1 Å². The maximum absolute atomic E-state index is 12.6. The number of aromatic nitrogens is 3. The highest BCUT2D eigenvalue weighted by molar-refractivity contribution is 5.94. The summed E-state index contributed by atoms with van der Waals surface area (Å²) in [5, 5.41) is 7.19. The molecule has 144 valence electrons. The van der Waals surface area contributed by atoms with Gasteiger partial charge in [-0.15, -0.1) is 0 Å². The largest absolute Gasteiger partial charge is 0.346 e. The summed E-state index contributed by atoms with van der Waals surface area (Å²) in [6.45, 7) is 7.84. The van der Waals surface area contributed by atoms with E-state index in [4.69, 9.17) is 0 Å². The van der Waals surface area contributed by atoms with Gasteiger partial charge in [0, 0.05) is 31.1 Å². The second kappa shape index (κ2) is 8.33. The van der Waals surface area contributed by atoms with E-state index < -0.39 is 0 Å². The van der Waals surface area contributed by atoms with Gasteiger partial charge in [-0.3, -0.25) is 9.59 Å². The molecule has 1 aliphatic heterocycles. The maximum Gasteiger partial charge on any atom is 0.253 e. The number of aryl methyl sites for hydroxylation is 2. The van der Waals surface area contributed by atoms with Crippen LogP contribution in [-0.4, -0.2) is 44.6 Å². The molecule has 1 aromatic carbocycles. The number of piperidine rings is 1. The van der Waals surface area contributed by atoms with E-state index in [0.717, 1.165) is 17.9 Å².